The van der Waals surface area contributed by atoms with Crippen LogP contribution in [0.2, 0.25) is 0 Å². The molecule has 0 aliphatic heterocycles. The number of carbonyl (C=O) groups excluding carboxylic acids is 1. The van der Waals surface area contributed by atoms with Gasteiger partial charge in [0.25, 0.3) is 0 Å². The SMILES string of the molecule is CCCC(=O)OCC.[Bi]. The van der Waals surface area contributed by atoms with Crippen molar-refractivity contribution in [1.82, 2.24) is 0 Å². The third kappa shape index (κ3) is 8.35. The van der Waals surface area contributed by atoms with Crippen molar-refractivity contribution in [1.29, 1.82) is 0 Å². The van der Waals surface area contributed by atoms with Crippen LogP contribution in [0.1, 0.15) is 26.7 Å². The van der Waals surface area contributed by atoms with Gasteiger partial charge in [0, 0.05) is 32.6 Å². The third-order valence-corrected chi connectivity index (χ3v) is 0.759. The largest absolute Gasteiger partial charge is 0.466 e. The Hall–Kier alpha value is 0.353. The van der Waals surface area contributed by atoms with Crippen molar-refractivity contribution in [3.63, 3.8) is 0 Å². The molecule has 53 valence electrons. The van der Waals surface area contributed by atoms with Crippen molar-refractivity contribution in [2.45, 2.75) is 26.7 Å². The zero-order chi connectivity index (χ0) is 6.41. The van der Waals surface area contributed by atoms with E-state index < -0.39 is 0 Å². The van der Waals surface area contributed by atoms with Gasteiger partial charge in [-0.1, -0.05) is 6.92 Å². The van der Waals surface area contributed by atoms with Crippen molar-refractivity contribution in [2.24, 2.45) is 0 Å². The van der Waals surface area contributed by atoms with Gasteiger partial charge in [0.15, 0.2) is 0 Å². The Labute approximate surface area is 75.1 Å². The molecule has 0 aromatic rings. The molecule has 0 saturated carbocycles. The molecule has 0 N–H and O–H groups in total. The van der Waals surface area contributed by atoms with Crippen molar-refractivity contribution in [3.8, 4) is 0 Å². The molecule has 0 saturated heterocycles. The van der Waals surface area contributed by atoms with Crippen molar-refractivity contribution in [2.75, 3.05) is 6.61 Å². The molecule has 3 radical (unpaired) electrons. The summed E-state index contributed by atoms with van der Waals surface area (Å²) in [4.78, 5) is 10.4. The van der Waals surface area contributed by atoms with Gasteiger partial charge in [0.2, 0.25) is 0 Å². The van der Waals surface area contributed by atoms with Gasteiger partial charge < -0.3 is 4.74 Å². The first kappa shape index (κ1) is 12.1. The Morgan fingerprint density at radius 3 is 2.33 bits per heavy atom. The number of esters is 1. The fraction of sp³-hybridized carbons (Fsp3) is 0.833. The number of hydrogen-bond donors (Lipinski definition) is 0. The minimum atomic E-state index is -0.0880. The molecule has 3 heteroatoms. The van der Waals surface area contributed by atoms with Crippen molar-refractivity contribution >= 4 is 32.2 Å². The van der Waals surface area contributed by atoms with Gasteiger partial charge in [-0.05, 0) is 13.3 Å². The van der Waals surface area contributed by atoms with E-state index in [1.165, 1.54) is 0 Å². The number of carbonyl (C=O) groups is 1. The molecule has 0 aliphatic carbocycles. The predicted octanol–water partition coefficient (Wildman–Crippen LogP) is 0.969. The Morgan fingerprint density at radius 2 is 2.00 bits per heavy atom. The average Bonchev–Trinajstić information content (AvgIpc) is 1.68. The second-order valence-corrected chi connectivity index (χ2v) is 1.56. The molecule has 9 heavy (non-hydrogen) atoms. The summed E-state index contributed by atoms with van der Waals surface area (Å²) < 4.78 is 4.64. The monoisotopic (exact) mass is 325 g/mol. The third-order valence-electron chi connectivity index (χ3n) is 0.759. The van der Waals surface area contributed by atoms with E-state index in [0.717, 1.165) is 6.42 Å². The first-order valence-electron chi connectivity index (χ1n) is 2.96. The maximum Gasteiger partial charge on any atom is 0.305 e. The van der Waals surface area contributed by atoms with Gasteiger partial charge in [-0.15, -0.1) is 0 Å². The molecule has 0 unspecified atom stereocenters. The van der Waals surface area contributed by atoms with Gasteiger partial charge in [0.05, 0.1) is 6.61 Å². The van der Waals surface area contributed by atoms with Crippen LogP contribution in [0.25, 0.3) is 0 Å². The van der Waals surface area contributed by atoms with Gasteiger partial charge in [-0.2, -0.15) is 0 Å². The number of ether oxygens (including phenoxy) is 1. The number of rotatable bonds is 3. The summed E-state index contributed by atoms with van der Waals surface area (Å²) in [5, 5.41) is 0. The predicted molar refractivity (Wildman–Crippen MR) is 37.3 cm³/mol. The van der Waals surface area contributed by atoms with Crippen LogP contribution >= 0.6 is 0 Å². The first-order valence-corrected chi connectivity index (χ1v) is 2.96. The minimum Gasteiger partial charge on any atom is -0.466 e. The van der Waals surface area contributed by atoms with E-state index in [0.29, 0.717) is 13.0 Å². The fourth-order valence-electron chi connectivity index (χ4n) is 0.437. The number of hydrogen-bond acceptors (Lipinski definition) is 2. The van der Waals surface area contributed by atoms with Gasteiger partial charge in [-0.25, -0.2) is 0 Å². The zero-order valence-electron chi connectivity index (χ0n) is 5.89. The van der Waals surface area contributed by atoms with Crippen LogP contribution in [0, 0.1) is 0 Å². The minimum absolute atomic E-state index is 0. The van der Waals surface area contributed by atoms with Crippen LogP contribution in [-0.4, -0.2) is 38.8 Å². The van der Waals surface area contributed by atoms with Gasteiger partial charge >= 0.3 is 5.97 Å². The maximum atomic E-state index is 10.4. The molecule has 0 aromatic heterocycles. The zero-order valence-corrected chi connectivity index (χ0v) is 9.36. The van der Waals surface area contributed by atoms with Gasteiger partial charge in [-0.3, -0.25) is 4.79 Å². The van der Waals surface area contributed by atoms with Gasteiger partial charge in [0.1, 0.15) is 0 Å². The standard InChI is InChI=1S/C6H12O2.Bi/c1-3-5-6(7)8-4-2;/h3-5H2,1-2H3;. The van der Waals surface area contributed by atoms with E-state index >= 15 is 0 Å². The Balaban J connectivity index is 0. The second kappa shape index (κ2) is 8.35. The van der Waals surface area contributed by atoms with Crippen molar-refractivity contribution in [3.05, 3.63) is 0 Å². The van der Waals surface area contributed by atoms with Crippen LogP contribution < -0.4 is 0 Å². The fourth-order valence-corrected chi connectivity index (χ4v) is 0.437. The summed E-state index contributed by atoms with van der Waals surface area (Å²) in [5.74, 6) is -0.0880. The molecular formula is C6H12BiO2. The molecule has 0 spiro atoms. The maximum absolute atomic E-state index is 10.4. The summed E-state index contributed by atoms with van der Waals surface area (Å²) in [6.45, 7) is 4.27. The molecule has 2 nitrogen and oxygen atoms in total. The molecule has 0 heterocycles. The molecule has 0 rings (SSSR count). The van der Waals surface area contributed by atoms with Crippen LogP contribution in [0.5, 0.6) is 0 Å². The molecule has 0 amide bonds. The summed E-state index contributed by atoms with van der Waals surface area (Å²) in [7, 11) is 0. The summed E-state index contributed by atoms with van der Waals surface area (Å²) in [6, 6.07) is 0. The molecule has 0 atom stereocenters. The van der Waals surface area contributed by atoms with E-state index in [2.05, 4.69) is 4.74 Å². The molecule has 0 fully saturated rings. The van der Waals surface area contributed by atoms with Crippen LogP contribution in [0.4, 0.5) is 0 Å². The molecule has 0 aliphatic rings. The van der Waals surface area contributed by atoms with E-state index in [1.54, 1.807) is 0 Å². The Morgan fingerprint density at radius 1 is 1.44 bits per heavy atom. The smallest absolute Gasteiger partial charge is 0.305 e. The summed E-state index contributed by atoms with van der Waals surface area (Å²) in [5.41, 5.74) is 0. The molecule has 0 aromatic carbocycles. The average molecular weight is 325 g/mol. The van der Waals surface area contributed by atoms with Crippen LogP contribution in [0.3, 0.4) is 0 Å². The quantitative estimate of drug-likeness (QED) is 0.571. The van der Waals surface area contributed by atoms with E-state index in [9.17, 15) is 4.79 Å². The first-order chi connectivity index (χ1) is 3.81. The van der Waals surface area contributed by atoms with E-state index in [1.807, 2.05) is 13.8 Å². The van der Waals surface area contributed by atoms with Crippen LogP contribution in [-0.2, 0) is 9.53 Å². The summed E-state index contributed by atoms with van der Waals surface area (Å²) in [6.07, 6.45) is 1.42. The topological polar surface area (TPSA) is 26.3 Å². The van der Waals surface area contributed by atoms with E-state index in [-0.39, 0.29) is 32.2 Å². The second-order valence-electron chi connectivity index (χ2n) is 1.56. The Kier molecular flexibility index (Phi) is 11.2. The molecular weight excluding hydrogens is 313 g/mol. The summed E-state index contributed by atoms with van der Waals surface area (Å²) >= 11 is 0. The Bertz CT molecular complexity index is 65.5. The van der Waals surface area contributed by atoms with Crippen LogP contribution in [0.15, 0.2) is 0 Å². The molecule has 0 bridgehead atoms. The normalized spacial score (nSPS) is 7.78. The van der Waals surface area contributed by atoms with E-state index in [4.69, 9.17) is 0 Å². The van der Waals surface area contributed by atoms with Crippen molar-refractivity contribution < 1.29 is 9.53 Å².